The fraction of sp³-hybridized carbons (Fsp3) is 0.400. The van der Waals surface area contributed by atoms with E-state index in [9.17, 15) is 14.4 Å². The normalized spacial score (nSPS) is 9.68. The molecule has 1 rings (SSSR count). The maximum Gasteiger partial charge on any atom is 0.260 e. The van der Waals surface area contributed by atoms with Crippen LogP contribution in [0.25, 0.3) is 0 Å². The van der Waals surface area contributed by atoms with Gasteiger partial charge < -0.3 is 10.1 Å². The zero-order valence-corrected chi connectivity index (χ0v) is 11.0. The molecule has 1 heterocycles. The van der Waals surface area contributed by atoms with Crippen LogP contribution in [0.15, 0.2) is 0 Å². The molecule has 0 aliphatic rings. The zero-order valence-electron chi connectivity index (χ0n) is 11.0. The first-order valence-electron chi connectivity index (χ1n) is 5.34. The molecule has 0 saturated heterocycles. The van der Waals surface area contributed by atoms with Gasteiger partial charge in [-0.2, -0.15) is 0 Å². The van der Waals surface area contributed by atoms with Gasteiger partial charge >= 0.3 is 0 Å². The van der Waals surface area contributed by atoms with E-state index in [1.54, 1.807) is 0 Å². The molecule has 3 amide bonds. The molecule has 0 spiro atoms. The highest BCUT2D eigenvalue weighted by atomic mass is 16.5. The monoisotopic (exact) mass is 269 g/mol. The number of anilines is 2. The van der Waals surface area contributed by atoms with Crippen LogP contribution in [0, 0.1) is 0 Å². The molecule has 0 aromatic carbocycles. The van der Waals surface area contributed by atoms with E-state index >= 15 is 0 Å². The molecular formula is C10H15N5O4. The fourth-order valence-corrected chi connectivity index (χ4v) is 1.38. The Morgan fingerprint density at radius 2 is 1.84 bits per heavy atom. The molecule has 1 aromatic heterocycles. The van der Waals surface area contributed by atoms with Crippen molar-refractivity contribution in [3.8, 4) is 5.88 Å². The predicted molar refractivity (Wildman–Crippen MR) is 66.4 cm³/mol. The molecule has 0 unspecified atom stereocenters. The van der Waals surface area contributed by atoms with Crippen molar-refractivity contribution in [2.24, 2.45) is 0 Å². The third-order valence-electron chi connectivity index (χ3n) is 2.01. The van der Waals surface area contributed by atoms with Crippen molar-refractivity contribution in [2.75, 3.05) is 17.4 Å². The van der Waals surface area contributed by atoms with Crippen LogP contribution in [0.5, 0.6) is 5.88 Å². The van der Waals surface area contributed by atoms with Gasteiger partial charge in [-0.1, -0.05) is 0 Å². The van der Waals surface area contributed by atoms with Gasteiger partial charge in [-0.05, 0) is 0 Å². The quantitative estimate of drug-likeness (QED) is 0.656. The Balaban J connectivity index is 3.25. The van der Waals surface area contributed by atoms with E-state index in [1.165, 1.54) is 27.9 Å². The largest absolute Gasteiger partial charge is 0.478 e. The van der Waals surface area contributed by atoms with Crippen molar-refractivity contribution in [1.29, 1.82) is 0 Å². The maximum absolute atomic E-state index is 11.6. The van der Waals surface area contributed by atoms with E-state index in [0.717, 1.165) is 5.01 Å². The Bertz CT molecular complexity index is 510. The van der Waals surface area contributed by atoms with Crippen LogP contribution in [-0.4, -0.2) is 35.0 Å². The van der Waals surface area contributed by atoms with Gasteiger partial charge in [0.25, 0.3) is 5.88 Å². The molecule has 0 atom stereocenters. The molecule has 19 heavy (non-hydrogen) atoms. The highest BCUT2D eigenvalue weighted by Crippen LogP contribution is 2.32. The first-order valence-corrected chi connectivity index (χ1v) is 5.34. The van der Waals surface area contributed by atoms with Crippen molar-refractivity contribution < 1.29 is 19.1 Å². The van der Waals surface area contributed by atoms with Gasteiger partial charge in [0.05, 0.1) is 7.11 Å². The van der Waals surface area contributed by atoms with Crippen LogP contribution in [0.3, 0.4) is 0 Å². The molecule has 9 nitrogen and oxygen atoms in total. The molecule has 9 heteroatoms. The van der Waals surface area contributed by atoms with Crippen LogP contribution in [0.4, 0.5) is 11.5 Å². The van der Waals surface area contributed by atoms with Crippen LogP contribution in [0.1, 0.15) is 20.8 Å². The predicted octanol–water partition coefficient (Wildman–Crippen LogP) is -0.219. The first kappa shape index (κ1) is 14.5. The number of amides is 3. The van der Waals surface area contributed by atoms with E-state index in [2.05, 4.69) is 20.9 Å². The summed E-state index contributed by atoms with van der Waals surface area (Å²) in [6, 6.07) is 0. The second-order valence-corrected chi connectivity index (χ2v) is 3.66. The fourth-order valence-electron chi connectivity index (χ4n) is 1.38. The summed E-state index contributed by atoms with van der Waals surface area (Å²) in [5.74, 6) is -1.08. The van der Waals surface area contributed by atoms with Gasteiger partial charge in [0.2, 0.25) is 17.7 Å². The van der Waals surface area contributed by atoms with Crippen molar-refractivity contribution >= 4 is 29.2 Å². The van der Waals surface area contributed by atoms with E-state index < -0.39 is 11.8 Å². The number of H-pyrrole nitrogens is 1. The molecule has 0 bridgehead atoms. The average Bonchev–Trinajstić information content (AvgIpc) is 2.67. The molecule has 1 aromatic rings. The van der Waals surface area contributed by atoms with Crippen LogP contribution < -0.4 is 20.5 Å². The molecule has 0 radical (unpaired) electrons. The van der Waals surface area contributed by atoms with Crippen LogP contribution >= 0.6 is 0 Å². The molecule has 0 aliphatic heterocycles. The molecule has 0 saturated carbocycles. The number of aromatic nitrogens is 2. The van der Waals surface area contributed by atoms with Crippen molar-refractivity contribution in [1.82, 2.24) is 15.6 Å². The summed E-state index contributed by atoms with van der Waals surface area (Å²) >= 11 is 0. The summed E-state index contributed by atoms with van der Waals surface area (Å²) in [5.41, 5.74) is 2.45. The lowest BCUT2D eigenvalue weighted by Gasteiger charge is -2.21. The lowest BCUT2D eigenvalue weighted by atomic mass is 10.4. The number of rotatable bonds is 3. The number of carbonyl (C=O) groups is 3. The highest BCUT2D eigenvalue weighted by Gasteiger charge is 2.25. The summed E-state index contributed by atoms with van der Waals surface area (Å²) in [6.07, 6.45) is 0. The summed E-state index contributed by atoms with van der Waals surface area (Å²) < 4.78 is 4.98. The third kappa shape index (κ3) is 3.44. The standard InChI is InChI=1S/C10H15N5O4/c1-5(16)11-9-8(10(19-4)13-12-9)15(7(3)18)14-6(2)17/h1-4H3,(H,14,17)(H2,11,12,13,16). The Labute approximate surface area is 109 Å². The minimum Gasteiger partial charge on any atom is -0.478 e. The maximum atomic E-state index is 11.6. The SMILES string of the molecule is COc1n[nH]c(NC(C)=O)c1N(NC(C)=O)C(C)=O. The topological polar surface area (TPSA) is 116 Å². The second-order valence-electron chi connectivity index (χ2n) is 3.66. The van der Waals surface area contributed by atoms with Gasteiger partial charge in [0.1, 0.15) is 0 Å². The zero-order chi connectivity index (χ0) is 14.6. The minimum atomic E-state index is -0.471. The highest BCUT2D eigenvalue weighted by molar-refractivity contribution is 6.01. The molecule has 0 fully saturated rings. The van der Waals surface area contributed by atoms with Crippen molar-refractivity contribution in [3.05, 3.63) is 0 Å². The van der Waals surface area contributed by atoms with E-state index in [4.69, 9.17) is 4.74 Å². The number of hydrazine groups is 1. The molecular weight excluding hydrogens is 254 g/mol. The lowest BCUT2D eigenvalue weighted by molar-refractivity contribution is -0.123. The van der Waals surface area contributed by atoms with Gasteiger partial charge in [-0.15, -0.1) is 5.10 Å². The number of ether oxygens (including phenoxy) is 1. The average molecular weight is 269 g/mol. The summed E-state index contributed by atoms with van der Waals surface area (Å²) in [6.45, 7) is 3.80. The Kier molecular flexibility index (Phi) is 4.46. The second kappa shape index (κ2) is 5.85. The van der Waals surface area contributed by atoms with Gasteiger partial charge in [-0.25, -0.2) is 5.01 Å². The first-order chi connectivity index (χ1) is 8.86. The molecule has 104 valence electrons. The number of methoxy groups -OCH3 is 1. The number of carbonyl (C=O) groups excluding carboxylic acids is 3. The smallest absolute Gasteiger partial charge is 0.260 e. The van der Waals surface area contributed by atoms with E-state index in [1.807, 2.05) is 0 Å². The van der Waals surface area contributed by atoms with Crippen molar-refractivity contribution in [3.63, 3.8) is 0 Å². The Morgan fingerprint density at radius 1 is 1.21 bits per heavy atom. The molecule has 3 N–H and O–H groups in total. The molecule has 0 aliphatic carbocycles. The Hall–Kier alpha value is -2.58. The van der Waals surface area contributed by atoms with Gasteiger partial charge in [-0.3, -0.25) is 24.9 Å². The number of hydrogen-bond donors (Lipinski definition) is 3. The van der Waals surface area contributed by atoms with E-state index in [0.29, 0.717) is 0 Å². The Morgan fingerprint density at radius 3 is 2.26 bits per heavy atom. The number of hydrogen-bond acceptors (Lipinski definition) is 5. The number of nitrogens with one attached hydrogen (secondary N) is 3. The minimum absolute atomic E-state index is 0.0627. The van der Waals surface area contributed by atoms with Crippen LogP contribution in [0.2, 0.25) is 0 Å². The van der Waals surface area contributed by atoms with E-state index in [-0.39, 0.29) is 23.3 Å². The van der Waals surface area contributed by atoms with Crippen molar-refractivity contribution in [2.45, 2.75) is 20.8 Å². The van der Waals surface area contributed by atoms with Gasteiger partial charge in [0.15, 0.2) is 11.5 Å². The number of nitrogens with zero attached hydrogens (tertiary/aromatic N) is 2. The third-order valence-corrected chi connectivity index (χ3v) is 2.01. The summed E-state index contributed by atoms with van der Waals surface area (Å²) in [4.78, 5) is 33.8. The summed E-state index contributed by atoms with van der Waals surface area (Å²) in [5, 5.41) is 9.70. The van der Waals surface area contributed by atoms with Crippen LogP contribution in [-0.2, 0) is 14.4 Å². The summed E-state index contributed by atoms with van der Waals surface area (Å²) in [7, 11) is 1.35. The lowest BCUT2D eigenvalue weighted by Crippen LogP contribution is -2.44. The van der Waals surface area contributed by atoms with Gasteiger partial charge in [0, 0.05) is 20.8 Å². The number of aromatic amines is 1.